The number of aromatic nitrogens is 2. The molecule has 0 bridgehead atoms. The smallest absolute Gasteiger partial charge is 0.130 e. The van der Waals surface area contributed by atoms with Crippen LogP contribution in [0.2, 0.25) is 0 Å². The highest BCUT2D eigenvalue weighted by molar-refractivity contribution is 9.10. The molecule has 0 aliphatic heterocycles. The zero-order valence-electron chi connectivity index (χ0n) is 10.5. The maximum absolute atomic E-state index is 5.88. The number of rotatable bonds is 4. The Kier molecular flexibility index (Phi) is 4.04. The topological polar surface area (TPSA) is 53.1 Å². The lowest BCUT2D eigenvalue weighted by atomic mass is 10.1. The molecule has 0 radical (unpaired) electrons. The summed E-state index contributed by atoms with van der Waals surface area (Å²) in [7, 11) is 1.95. The number of hydrogen-bond donors (Lipinski definition) is 1. The SMILES string of the molecule is Cc1cc(Br)cc(CN)c1OCc1cncn1C. The summed E-state index contributed by atoms with van der Waals surface area (Å²) in [5, 5.41) is 0. The molecule has 0 fully saturated rings. The van der Waals surface area contributed by atoms with Gasteiger partial charge in [-0.2, -0.15) is 0 Å². The van der Waals surface area contributed by atoms with Crippen molar-refractivity contribution >= 4 is 15.9 Å². The molecule has 2 aromatic rings. The van der Waals surface area contributed by atoms with E-state index in [1.165, 1.54) is 0 Å². The maximum atomic E-state index is 5.88. The number of halogens is 1. The van der Waals surface area contributed by atoms with Gasteiger partial charge in [0.05, 0.1) is 18.2 Å². The molecule has 1 heterocycles. The summed E-state index contributed by atoms with van der Waals surface area (Å²) in [4.78, 5) is 4.06. The van der Waals surface area contributed by atoms with E-state index >= 15 is 0 Å². The minimum Gasteiger partial charge on any atom is -0.487 e. The van der Waals surface area contributed by atoms with Crippen LogP contribution in [0.5, 0.6) is 5.75 Å². The van der Waals surface area contributed by atoms with Crippen molar-refractivity contribution in [2.75, 3.05) is 0 Å². The van der Waals surface area contributed by atoms with Crippen molar-refractivity contribution in [3.05, 3.63) is 46.0 Å². The summed E-state index contributed by atoms with van der Waals surface area (Å²) in [5.74, 6) is 0.863. The van der Waals surface area contributed by atoms with Crippen molar-refractivity contribution < 1.29 is 4.74 Å². The molecule has 2 rings (SSSR count). The van der Waals surface area contributed by atoms with Gasteiger partial charge in [-0.25, -0.2) is 4.98 Å². The van der Waals surface area contributed by atoms with Crippen LogP contribution < -0.4 is 10.5 Å². The molecule has 0 saturated carbocycles. The maximum Gasteiger partial charge on any atom is 0.130 e. The van der Waals surface area contributed by atoms with Crippen molar-refractivity contribution in [2.45, 2.75) is 20.1 Å². The Morgan fingerprint density at radius 1 is 1.44 bits per heavy atom. The van der Waals surface area contributed by atoms with Crippen molar-refractivity contribution in [1.29, 1.82) is 0 Å². The third kappa shape index (κ3) is 2.73. The Hall–Kier alpha value is -1.33. The minimum atomic E-state index is 0.459. The molecule has 0 atom stereocenters. The van der Waals surface area contributed by atoms with Crippen LogP contribution in [-0.2, 0) is 20.2 Å². The second-order valence-corrected chi connectivity index (χ2v) is 5.12. The quantitative estimate of drug-likeness (QED) is 0.944. The number of benzene rings is 1. The third-order valence-electron chi connectivity index (χ3n) is 2.82. The first kappa shape index (κ1) is 13.1. The number of nitrogens with zero attached hydrogens (tertiary/aromatic N) is 2. The molecular weight excluding hydrogens is 294 g/mol. The average Bonchev–Trinajstić information content (AvgIpc) is 2.73. The Balaban J connectivity index is 2.21. The second-order valence-electron chi connectivity index (χ2n) is 4.20. The second kappa shape index (κ2) is 5.54. The predicted molar refractivity (Wildman–Crippen MR) is 74.3 cm³/mol. The van der Waals surface area contributed by atoms with E-state index in [2.05, 4.69) is 20.9 Å². The van der Waals surface area contributed by atoms with E-state index in [1.807, 2.05) is 30.7 Å². The normalized spacial score (nSPS) is 10.7. The standard InChI is InChI=1S/C13H16BrN3O/c1-9-3-11(14)4-10(5-15)13(9)18-7-12-6-16-8-17(12)2/h3-4,6,8H,5,7,15H2,1-2H3. The molecule has 0 amide bonds. The molecule has 1 aromatic heterocycles. The highest BCUT2D eigenvalue weighted by atomic mass is 79.9. The largest absolute Gasteiger partial charge is 0.487 e. The van der Waals surface area contributed by atoms with Crippen LogP contribution in [0.3, 0.4) is 0 Å². The molecule has 5 heteroatoms. The van der Waals surface area contributed by atoms with Gasteiger partial charge in [0, 0.05) is 23.6 Å². The van der Waals surface area contributed by atoms with Gasteiger partial charge in [-0.3, -0.25) is 0 Å². The number of ether oxygens (including phenoxy) is 1. The van der Waals surface area contributed by atoms with Crippen LogP contribution in [0.25, 0.3) is 0 Å². The fraction of sp³-hybridized carbons (Fsp3) is 0.308. The van der Waals surface area contributed by atoms with Crippen LogP contribution in [0.1, 0.15) is 16.8 Å². The van der Waals surface area contributed by atoms with E-state index in [-0.39, 0.29) is 0 Å². The number of nitrogens with two attached hydrogens (primary N) is 1. The molecule has 0 aliphatic rings. The zero-order chi connectivity index (χ0) is 13.1. The van der Waals surface area contributed by atoms with Gasteiger partial charge in [-0.15, -0.1) is 0 Å². The molecule has 0 aliphatic carbocycles. The predicted octanol–water partition coefficient (Wildman–Crippen LogP) is 2.53. The van der Waals surface area contributed by atoms with Crippen LogP contribution >= 0.6 is 15.9 Å². The number of hydrogen-bond acceptors (Lipinski definition) is 3. The molecule has 2 N–H and O–H groups in total. The molecule has 18 heavy (non-hydrogen) atoms. The first-order valence-corrected chi connectivity index (χ1v) is 6.48. The van der Waals surface area contributed by atoms with Crippen LogP contribution in [0, 0.1) is 6.92 Å². The lowest BCUT2D eigenvalue weighted by Gasteiger charge is -2.14. The zero-order valence-corrected chi connectivity index (χ0v) is 12.1. The molecule has 4 nitrogen and oxygen atoms in total. The van der Waals surface area contributed by atoms with Gasteiger partial charge in [0.1, 0.15) is 12.4 Å². The minimum absolute atomic E-state index is 0.459. The van der Waals surface area contributed by atoms with Crippen molar-refractivity contribution in [2.24, 2.45) is 12.8 Å². The summed E-state index contributed by atoms with van der Waals surface area (Å²) >= 11 is 3.46. The monoisotopic (exact) mass is 309 g/mol. The molecule has 1 aromatic carbocycles. The lowest BCUT2D eigenvalue weighted by molar-refractivity contribution is 0.292. The van der Waals surface area contributed by atoms with Crippen LogP contribution in [0.15, 0.2) is 29.1 Å². The van der Waals surface area contributed by atoms with E-state index in [1.54, 1.807) is 12.5 Å². The summed E-state index contributed by atoms with van der Waals surface area (Å²) in [5.41, 5.74) is 8.86. The van der Waals surface area contributed by atoms with Crippen molar-refractivity contribution in [1.82, 2.24) is 9.55 Å². The van der Waals surface area contributed by atoms with Crippen LogP contribution in [0.4, 0.5) is 0 Å². The Bertz CT molecular complexity index is 551. The fourth-order valence-electron chi connectivity index (χ4n) is 1.83. The third-order valence-corrected chi connectivity index (χ3v) is 3.27. The van der Waals surface area contributed by atoms with Gasteiger partial charge in [0.2, 0.25) is 0 Å². The van der Waals surface area contributed by atoms with Gasteiger partial charge >= 0.3 is 0 Å². The first-order chi connectivity index (χ1) is 8.61. The summed E-state index contributed by atoms with van der Waals surface area (Å²) < 4.78 is 8.84. The molecule has 96 valence electrons. The molecular formula is C13H16BrN3O. The first-order valence-electron chi connectivity index (χ1n) is 5.69. The number of imidazole rings is 1. The van der Waals surface area contributed by atoms with Gasteiger partial charge in [0.15, 0.2) is 0 Å². The van der Waals surface area contributed by atoms with Gasteiger partial charge < -0.3 is 15.0 Å². The molecule has 0 unspecified atom stereocenters. The Morgan fingerprint density at radius 2 is 2.22 bits per heavy atom. The molecule has 0 spiro atoms. The average molecular weight is 310 g/mol. The lowest BCUT2D eigenvalue weighted by Crippen LogP contribution is -2.06. The summed E-state index contributed by atoms with van der Waals surface area (Å²) in [6, 6.07) is 4.02. The summed E-state index contributed by atoms with van der Waals surface area (Å²) in [6.07, 6.45) is 3.56. The van der Waals surface area contributed by atoms with E-state index < -0.39 is 0 Å². The Labute approximate surface area is 115 Å². The molecule has 0 saturated heterocycles. The van der Waals surface area contributed by atoms with Crippen molar-refractivity contribution in [3.8, 4) is 5.75 Å². The van der Waals surface area contributed by atoms with Gasteiger partial charge in [0.25, 0.3) is 0 Å². The van der Waals surface area contributed by atoms with Gasteiger partial charge in [-0.1, -0.05) is 15.9 Å². The summed E-state index contributed by atoms with van der Waals surface area (Å²) in [6.45, 7) is 2.97. The number of aryl methyl sites for hydroxylation is 2. The van der Waals surface area contributed by atoms with E-state index in [0.29, 0.717) is 13.2 Å². The fourth-order valence-corrected chi connectivity index (χ4v) is 2.45. The Morgan fingerprint density at radius 3 is 2.83 bits per heavy atom. The van der Waals surface area contributed by atoms with Crippen LogP contribution in [-0.4, -0.2) is 9.55 Å². The van der Waals surface area contributed by atoms with Gasteiger partial charge in [-0.05, 0) is 24.6 Å². The highest BCUT2D eigenvalue weighted by Gasteiger charge is 2.09. The highest BCUT2D eigenvalue weighted by Crippen LogP contribution is 2.28. The van der Waals surface area contributed by atoms with E-state index in [4.69, 9.17) is 10.5 Å². The van der Waals surface area contributed by atoms with Crippen molar-refractivity contribution in [3.63, 3.8) is 0 Å². The van der Waals surface area contributed by atoms with E-state index in [9.17, 15) is 0 Å². The van der Waals surface area contributed by atoms with E-state index in [0.717, 1.165) is 27.0 Å².